The number of carbonyl (C=O) groups excluding carboxylic acids is 1. The SMILES string of the molecule is COc1ccc(F)cc1C(C)NC(=O)CNC(C)C. The number of hydrogen-bond acceptors (Lipinski definition) is 3. The van der Waals surface area contributed by atoms with Gasteiger partial charge in [0.2, 0.25) is 5.91 Å². The summed E-state index contributed by atoms with van der Waals surface area (Å²) in [5.41, 5.74) is 0.625. The van der Waals surface area contributed by atoms with Crippen LogP contribution in [0.1, 0.15) is 32.4 Å². The van der Waals surface area contributed by atoms with Gasteiger partial charge in [0.25, 0.3) is 0 Å². The van der Waals surface area contributed by atoms with Crippen LogP contribution in [0.15, 0.2) is 18.2 Å². The number of rotatable bonds is 6. The van der Waals surface area contributed by atoms with Crippen LogP contribution in [0.5, 0.6) is 5.75 Å². The summed E-state index contributed by atoms with van der Waals surface area (Å²) >= 11 is 0. The molecular formula is C14H21FN2O2. The molecule has 1 aromatic rings. The Balaban J connectivity index is 2.69. The van der Waals surface area contributed by atoms with Gasteiger partial charge in [-0.25, -0.2) is 4.39 Å². The zero-order valence-corrected chi connectivity index (χ0v) is 11.8. The molecule has 0 heterocycles. The van der Waals surface area contributed by atoms with Gasteiger partial charge in [0.15, 0.2) is 0 Å². The molecule has 19 heavy (non-hydrogen) atoms. The van der Waals surface area contributed by atoms with E-state index in [0.29, 0.717) is 11.3 Å². The number of halogens is 1. The van der Waals surface area contributed by atoms with Gasteiger partial charge in [-0.15, -0.1) is 0 Å². The predicted octanol–water partition coefficient (Wildman–Crippen LogP) is 2.01. The van der Waals surface area contributed by atoms with Crippen LogP contribution in [-0.4, -0.2) is 25.6 Å². The second-order valence-electron chi connectivity index (χ2n) is 4.71. The molecule has 0 spiro atoms. The molecule has 1 atom stereocenters. The van der Waals surface area contributed by atoms with Crippen molar-refractivity contribution in [3.8, 4) is 5.75 Å². The normalized spacial score (nSPS) is 12.3. The van der Waals surface area contributed by atoms with E-state index >= 15 is 0 Å². The Bertz CT molecular complexity index is 435. The van der Waals surface area contributed by atoms with E-state index in [4.69, 9.17) is 4.74 Å². The molecule has 0 aromatic heterocycles. The van der Waals surface area contributed by atoms with Gasteiger partial charge >= 0.3 is 0 Å². The number of hydrogen-bond donors (Lipinski definition) is 2. The van der Waals surface area contributed by atoms with Crippen LogP contribution in [0.3, 0.4) is 0 Å². The number of ether oxygens (including phenoxy) is 1. The third-order valence-corrected chi connectivity index (χ3v) is 2.71. The van der Waals surface area contributed by atoms with Crippen molar-refractivity contribution >= 4 is 5.91 Å². The average Bonchev–Trinajstić information content (AvgIpc) is 2.36. The number of carbonyl (C=O) groups is 1. The van der Waals surface area contributed by atoms with E-state index in [1.54, 1.807) is 13.0 Å². The fourth-order valence-corrected chi connectivity index (χ4v) is 1.71. The van der Waals surface area contributed by atoms with Crippen molar-refractivity contribution in [2.24, 2.45) is 0 Å². The molecule has 2 N–H and O–H groups in total. The van der Waals surface area contributed by atoms with Gasteiger partial charge in [0.05, 0.1) is 19.7 Å². The molecule has 1 unspecified atom stereocenters. The summed E-state index contributed by atoms with van der Waals surface area (Å²) < 4.78 is 18.4. The van der Waals surface area contributed by atoms with Crippen molar-refractivity contribution < 1.29 is 13.9 Å². The average molecular weight is 268 g/mol. The lowest BCUT2D eigenvalue weighted by atomic mass is 10.1. The van der Waals surface area contributed by atoms with Gasteiger partial charge in [0.1, 0.15) is 11.6 Å². The Labute approximate surface area is 113 Å². The van der Waals surface area contributed by atoms with Crippen LogP contribution in [0.25, 0.3) is 0 Å². The Kier molecular flexibility index (Phi) is 5.76. The van der Waals surface area contributed by atoms with Gasteiger partial charge in [-0.05, 0) is 25.1 Å². The van der Waals surface area contributed by atoms with Crippen LogP contribution in [0.4, 0.5) is 4.39 Å². The van der Waals surface area contributed by atoms with Crippen LogP contribution in [0.2, 0.25) is 0 Å². The lowest BCUT2D eigenvalue weighted by Gasteiger charge is -2.18. The largest absolute Gasteiger partial charge is 0.496 e. The standard InChI is InChI=1S/C14H21FN2O2/c1-9(2)16-8-14(18)17-10(3)12-7-11(15)5-6-13(12)19-4/h5-7,9-10,16H,8H2,1-4H3,(H,17,18). The van der Waals surface area contributed by atoms with Gasteiger partial charge in [-0.2, -0.15) is 0 Å². The highest BCUT2D eigenvalue weighted by Gasteiger charge is 2.14. The molecule has 1 rings (SSSR count). The minimum Gasteiger partial charge on any atom is -0.496 e. The highest BCUT2D eigenvalue weighted by Crippen LogP contribution is 2.25. The van der Waals surface area contributed by atoms with Crippen LogP contribution in [0, 0.1) is 5.82 Å². The first-order valence-electron chi connectivity index (χ1n) is 6.30. The molecule has 0 saturated heterocycles. The smallest absolute Gasteiger partial charge is 0.234 e. The molecule has 1 amide bonds. The summed E-state index contributed by atoms with van der Waals surface area (Å²) in [5, 5.41) is 5.83. The van der Waals surface area contributed by atoms with Crippen LogP contribution < -0.4 is 15.4 Å². The quantitative estimate of drug-likeness (QED) is 0.829. The summed E-state index contributed by atoms with van der Waals surface area (Å²) in [6, 6.07) is 4.19. The Morgan fingerprint density at radius 2 is 2.05 bits per heavy atom. The molecule has 0 radical (unpaired) electrons. The van der Waals surface area contributed by atoms with Crippen LogP contribution >= 0.6 is 0 Å². The molecule has 0 bridgehead atoms. The van der Waals surface area contributed by atoms with Crippen LogP contribution in [-0.2, 0) is 4.79 Å². The lowest BCUT2D eigenvalue weighted by Crippen LogP contribution is -2.38. The highest BCUT2D eigenvalue weighted by atomic mass is 19.1. The first kappa shape index (κ1) is 15.4. The topological polar surface area (TPSA) is 50.4 Å². The second-order valence-corrected chi connectivity index (χ2v) is 4.71. The molecule has 0 aliphatic heterocycles. The van der Waals surface area contributed by atoms with E-state index in [0.717, 1.165) is 0 Å². The van der Waals surface area contributed by atoms with Gasteiger partial charge in [0, 0.05) is 11.6 Å². The number of benzene rings is 1. The molecule has 0 saturated carbocycles. The van der Waals surface area contributed by atoms with Crippen molar-refractivity contribution in [3.63, 3.8) is 0 Å². The minimum atomic E-state index is -0.350. The Hall–Kier alpha value is -1.62. The Morgan fingerprint density at radius 1 is 1.37 bits per heavy atom. The van der Waals surface area contributed by atoms with E-state index in [-0.39, 0.29) is 30.4 Å². The summed E-state index contributed by atoms with van der Waals surface area (Å²) in [4.78, 5) is 11.7. The maximum atomic E-state index is 13.3. The maximum Gasteiger partial charge on any atom is 0.234 e. The van der Waals surface area contributed by atoms with E-state index in [1.165, 1.54) is 19.2 Å². The molecule has 0 aliphatic carbocycles. The van der Waals surface area contributed by atoms with E-state index in [2.05, 4.69) is 10.6 Å². The summed E-state index contributed by atoms with van der Waals surface area (Å²) in [6.07, 6.45) is 0. The van der Waals surface area contributed by atoms with Gasteiger partial charge in [-0.3, -0.25) is 4.79 Å². The zero-order chi connectivity index (χ0) is 14.4. The van der Waals surface area contributed by atoms with E-state index in [9.17, 15) is 9.18 Å². The monoisotopic (exact) mass is 268 g/mol. The molecular weight excluding hydrogens is 247 g/mol. The minimum absolute atomic E-state index is 0.132. The van der Waals surface area contributed by atoms with Gasteiger partial charge < -0.3 is 15.4 Å². The van der Waals surface area contributed by atoms with Crippen molar-refractivity contribution in [1.29, 1.82) is 0 Å². The molecule has 106 valence electrons. The first-order chi connectivity index (χ1) is 8.93. The number of amides is 1. The van der Waals surface area contributed by atoms with Crippen molar-refractivity contribution in [1.82, 2.24) is 10.6 Å². The number of methoxy groups -OCH3 is 1. The fraction of sp³-hybridized carbons (Fsp3) is 0.500. The highest BCUT2D eigenvalue weighted by molar-refractivity contribution is 5.78. The summed E-state index contributed by atoms with van der Waals surface area (Å²) in [6.45, 7) is 5.96. The summed E-state index contributed by atoms with van der Waals surface area (Å²) in [5.74, 6) is 0.0794. The third-order valence-electron chi connectivity index (χ3n) is 2.71. The zero-order valence-electron chi connectivity index (χ0n) is 11.8. The van der Waals surface area contributed by atoms with Gasteiger partial charge in [-0.1, -0.05) is 13.8 Å². The predicted molar refractivity (Wildman–Crippen MR) is 72.6 cm³/mol. The first-order valence-corrected chi connectivity index (χ1v) is 6.30. The summed E-state index contributed by atoms with van der Waals surface area (Å²) in [7, 11) is 1.52. The fourth-order valence-electron chi connectivity index (χ4n) is 1.71. The molecule has 0 aliphatic rings. The van der Waals surface area contributed by atoms with E-state index in [1.807, 2.05) is 13.8 Å². The molecule has 4 nitrogen and oxygen atoms in total. The molecule has 5 heteroatoms. The molecule has 1 aromatic carbocycles. The number of nitrogens with one attached hydrogen (secondary N) is 2. The van der Waals surface area contributed by atoms with Crippen molar-refractivity contribution in [2.75, 3.05) is 13.7 Å². The maximum absolute atomic E-state index is 13.3. The van der Waals surface area contributed by atoms with E-state index < -0.39 is 0 Å². The lowest BCUT2D eigenvalue weighted by molar-refractivity contribution is -0.121. The second kappa shape index (κ2) is 7.09. The third kappa shape index (κ3) is 4.87. The molecule has 0 fully saturated rings. The van der Waals surface area contributed by atoms with Crippen molar-refractivity contribution in [2.45, 2.75) is 32.9 Å². The Morgan fingerprint density at radius 3 is 2.63 bits per heavy atom. The van der Waals surface area contributed by atoms with Crippen molar-refractivity contribution in [3.05, 3.63) is 29.6 Å².